The summed E-state index contributed by atoms with van der Waals surface area (Å²) in [5, 5.41) is 0. The van der Waals surface area contributed by atoms with Crippen molar-refractivity contribution in [3.63, 3.8) is 0 Å². The maximum absolute atomic E-state index is 2.22. The van der Waals surface area contributed by atoms with Gasteiger partial charge in [0, 0.05) is 0 Å². The second-order valence-electron chi connectivity index (χ2n) is 2.05. The van der Waals surface area contributed by atoms with E-state index in [0.29, 0.717) is 0 Å². The molecule has 0 saturated carbocycles. The Bertz CT molecular complexity index is 201. The molecular weight excluding hydrogens is 223 g/mol. The van der Waals surface area contributed by atoms with Gasteiger partial charge in [0.15, 0.2) is 0 Å². The normalized spacial score (nSPS) is 10.4. The summed E-state index contributed by atoms with van der Waals surface area (Å²) in [5.41, 5.74) is 1.30. The van der Waals surface area contributed by atoms with Gasteiger partial charge in [-0.2, -0.15) is 0 Å². The number of hydrogen-bond donors (Lipinski definition) is 0. The molecule has 0 amide bonds. The van der Waals surface area contributed by atoms with Crippen LogP contribution < -0.4 is 0 Å². The Morgan fingerprint density at radius 3 is 2.50 bits per heavy atom. The molecule has 2 radical (unpaired) electrons. The third-order valence-electron chi connectivity index (χ3n) is 1.25. The van der Waals surface area contributed by atoms with Gasteiger partial charge in [-0.05, 0) is 0 Å². The van der Waals surface area contributed by atoms with E-state index < -0.39 is 0 Å². The number of allylic oxidation sites excluding steroid dienone is 1. The number of hydrogen-bond acceptors (Lipinski definition) is 0. The molecule has 1 aromatic rings. The Balaban J connectivity index is 2.67. The van der Waals surface area contributed by atoms with Crippen LogP contribution in [0.4, 0.5) is 0 Å². The zero-order valence-electron chi connectivity index (χ0n) is 5.83. The van der Waals surface area contributed by atoms with Gasteiger partial charge in [0.1, 0.15) is 0 Å². The van der Waals surface area contributed by atoms with Crippen LogP contribution in [0.25, 0.3) is 6.08 Å². The van der Waals surface area contributed by atoms with Gasteiger partial charge in [0.05, 0.1) is 0 Å². The van der Waals surface area contributed by atoms with E-state index in [2.05, 4.69) is 36.4 Å². The van der Waals surface area contributed by atoms with E-state index in [1.165, 1.54) is 34.1 Å². The standard InChI is InChI=1S/C9H9.In/c1-2-6-9-7-4-3-5-8-9;/h2-8H,1H2;/b6-2+;. The molecular formula is C9H9In. The SMILES string of the molecule is [In][CH2]/C=C/c1ccccc1. The molecule has 0 aromatic heterocycles. The van der Waals surface area contributed by atoms with Crippen molar-refractivity contribution in [1.29, 1.82) is 0 Å². The first-order valence-electron chi connectivity index (χ1n) is 3.35. The Labute approximate surface area is 76.5 Å². The molecule has 1 heteroatoms. The molecule has 0 saturated heterocycles. The molecule has 0 atom stereocenters. The zero-order chi connectivity index (χ0) is 7.23. The summed E-state index contributed by atoms with van der Waals surface area (Å²) < 4.78 is 1.24. The van der Waals surface area contributed by atoms with E-state index in [0.717, 1.165) is 0 Å². The summed E-state index contributed by atoms with van der Waals surface area (Å²) in [6, 6.07) is 10.4. The molecule has 0 aliphatic heterocycles. The van der Waals surface area contributed by atoms with Crippen molar-refractivity contribution in [1.82, 2.24) is 0 Å². The summed E-state index contributed by atoms with van der Waals surface area (Å²) in [6.45, 7) is 0. The van der Waals surface area contributed by atoms with Crippen LogP contribution in [-0.4, -0.2) is 24.4 Å². The van der Waals surface area contributed by atoms with Crippen LogP contribution in [0.15, 0.2) is 36.4 Å². The van der Waals surface area contributed by atoms with Crippen LogP contribution in [0.3, 0.4) is 0 Å². The fourth-order valence-electron chi connectivity index (χ4n) is 0.768. The third-order valence-corrected chi connectivity index (χ3v) is 2.02. The van der Waals surface area contributed by atoms with E-state index in [4.69, 9.17) is 0 Å². The van der Waals surface area contributed by atoms with Crippen molar-refractivity contribution in [2.45, 2.75) is 4.18 Å². The van der Waals surface area contributed by atoms with Gasteiger partial charge in [-0.3, -0.25) is 0 Å². The molecule has 0 aliphatic carbocycles. The van der Waals surface area contributed by atoms with E-state index in [9.17, 15) is 0 Å². The third kappa shape index (κ3) is 2.61. The van der Waals surface area contributed by atoms with Crippen molar-refractivity contribution < 1.29 is 0 Å². The van der Waals surface area contributed by atoms with Gasteiger partial charge in [0.2, 0.25) is 0 Å². The summed E-state index contributed by atoms with van der Waals surface area (Å²) in [4.78, 5) is 0. The van der Waals surface area contributed by atoms with E-state index in [-0.39, 0.29) is 0 Å². The fourth-order valence-corrected chi connectivity index (χ4v) is 1.16. The first-order chi connectivity index (χ1) is 4.93. The quantitative estimate of drug-likeness (QED) is 0.733. The summed E-state index contributed by atoms with van der Waals surface area (Å²) in [7, 11) is 0. The summed E-state index contributed by atoms with van der Waals surface area (Å²) in [5.74, 6) is 0. The molecule has 0 spiro atoms. The van der Waals surface area contributed by atoms with E-state index in [1.807, 2.05) is 6.07 Å². The van der Waals surface area contributed by atoms with Crippen LogP contribution in [0.2, 0.25) is 4.18 Å². The predicted molar refractivity (Wildman–Crippen MR) is 46.0 cm³/mol. The second-order valence-corrected chi connectivity index (χ2v) is 3.39. The average molecular weight is 232 g/mol. The van der Waals surface area contributed by atoms with Crippen LogP contribution >= 0.6 is 0 Å². The van der Waals surface area contributed by atoms with E-state index in [1.54, 1.807) is 0 Å². The first-order valence-corrected chi connectivity index (χ1v) is 5.68. The Morgan fingerprint density at radius 1 is 1.20 bits per heavy atom. The van der Waals surface area contributed by atoms with Gasteiger partial charge in [-0.25, -0.2) is 0 Å². The van der Waals surface area contributed by atoms with Gasteiger partial charge in [0.25, 0.3) is 0 Å². The van der Waals surface area contributed by atoms with Crippen LogP contribution in [0.1, 0.15) is 5.56 Å². The zero-order valence-corrected chi connectivity index (χ0v) is 9.12. The molecule has 0 bridgehead atoms. The molecule has 0 aliphatic rings. The average Bonchev–Trinajstić information content (AvgIpc) is 2.03. The van der Waals surface area contributed by atoms with Gasteiger partial charge >= 0.3 is 76.6 Å². The molecule has 1 rings (SSSR count). The van der Waals surface area contributed by atoms with Crippen molar-refractivity contribution in [3.05, 3.63) is 42.0 Å². The van der Waals surface area contributed by atoms with Gasteiger partial charge in [-0.1, -0.05) is 0 Å². The minimum absolute atomic E-state index is 1.24. The van der Waals surface area contributed by atoms with Crippen molar-refractivity contribution >= 4 is 30.5 Å². The fraction of sp³-hybridized carbons (Fsp3) is 0.111. The Morgan fingerprint density at radius 2 is 1.90 bits per heavy atom. The number of rotatable bonds is 2. The molecule has 48 valence electrons. The Kier molecular flexibility index (Phi) is 3.66. The molecule has 0 nitrogen and oxygen atoms in total. The summed E-state index contributed by atoms with van der Waals surface area (Å²) >= 11 is 1.32. The van der Waals surface area contributed by atoms with Crippen molar-refractivity contribution in [3.8, 4) is 0 Å². The van der Waals surface area contributed by atoms with E-state index >= 15 is 0 Å². The summed E-state index contributed by atoms with van der Waals surface area (Å²) in [6.07, 6.45) is 4.39. The van der Waals surface area contributed by atoms with Crippen molar-refractivity contribution in [2.24, 2.45) is 0 Å². The molecule has 0 N–H and O–H groups in total. The molecule has 10 heavy (non-hydrogen) atoms. The molecule has 1 aromatic carbocycles. The minimum atomic E-state index is 1.24. The molecule has 0 heterocycles. The van der Waals surface area contributed by atoms with Crippen LogP contribution in [0, 0.1) is 0 Å². The second kappa shape index (κ2) is 4.62. The van der Waals surface area contributed by atoms with Gasteiger partial charge < -0.3 is 0 Å². The Hall–Kier alpha value is -0.170. The predicted octanol–water partition coefficient (Wildman–Crippen LogP) is 2.29. The topological polar surface area (TPSA) is 0 Å². The molecule has 0 fully saturated rings. The van der Waals surface area contributed by atoms with Crippen molar-refractivity contribution in [2.75, 3.05) is 0 Å². The monoisotopic (exact) mass is 232 g/mol. The number of benzene rings is 1. The first kappa shape index (κ1) is 7.93. The maximum atomic E-state index is 2.22. The van der Waals surface area contributed by atoms with Gasteiger partial charge in [-0.15, -0.1) is 0 Å². The molecule has 0 unspecified atom stereocenters. The van der Waals surface area contributed by atoms with Crippen LogP contribution in [0.5, 0.6) is 0 Å². The van der Waals surface area contributed by atoms with Crippen LogP contribution in [-0.2, 0) is 0 Å².